The van der Waals surface area contributed by atoms with Crippen LogP contribution in [0.4, 0.5) is 5.69 Å². The van der Waals surface area contributed by atoms with Gasteiger partial charge in [-0.25, -0.2) is 9.78 Å². The molecule has 7 heteroatoms. The number of ether oxygens (including phenoxy) is 1. The molecule has 1 aliphatic heterocycles. The highest BCUT2D eigenvalue weighted by molar-refractivity contribution is 6.10. The molecule has 1 fully saturated rings. The molecule has 2 atom stereocenters. The third-order valence-corrected chi connectivity index (χ3v) is 6.96. The van der Waals surface area contributed by atoms with E-state index in [-0.39, 0.29) is 5.91 Å². The van der Waals surface area contributed by atoms with Crippen molar-refractivity contribution in [3.05, 3.63) is 101 Å². The first-order valence-corrected chi connectivity index (χ1v) is 12.8. The number of aryl methyl sites for hydroxylation is 2. The SMILES string of the molecule is CCc1ccc(N2C(=O)[C@@H](Cc3cccc(OCCc4nc(-c5ccccc5)oc4C)c3)[C@H]2C(=O)O)cc1. The van der Waals surface area contributed by atoms with E-state index in [1.807, 2.05) is 85.8 Å². The number of nitrogens with zero attached hydrogens (tertiary/aromatic N) is 2. The number of amides is 1. The average Bonchev–Trinajstić information content (AvgIpc) is 3.31. The van der Waals surface area contributed by atoms with Crippen molar-refractivity contribution in [1.29, 1.82) is 0 Å². The number of β-lactam (4-membered cyclic amide) rings is 1. The third-order valence-electron chi connectivity index (χ3n) is 6.96. The van der Waals surface area contributed by atoms with Crippen LogP contribution in [0, 0.1) is 12.8 Å². The maximum atomic E-state index is 13.0. The van der Waals surface area contributed by atoms with Gasteiger partial charge in [-0.15, -0.1) is 0 Å². The number of hydrogen-bond donors (Lipinski definition) is 1. The van der Waals surface area contributed by atoms with E-state index < -0.39 is 17.9 Å². The number of benzene rings is 3. The third kappa shape index (κ3) is 5.18. The van der Waals surface area contributed by atoms with Gasteiger partial charge in [0.15, 0.2) is 0 Å². The Bertz CT molecular complexity index is 1430. The second-order valence-corrected chi connectivity index (χ2v) is 9.46. The zero-order valence-corrected chi connectivity index (χ0v) is 21.5. The molecule has 1 amide bonds. The van der Waals surface area contributed by atoms with E-state index >= 15 is 0 Å². The number of carbonyl (C=O) groups excluding carboxylic acids is 1. The van der Waals surface area contributed by atoms with Gasteiger partial charge in [0, 0.05) is 17.7 Å². The molecule has 38 heavy (non-hydrogen) atoms. The van der Waals surface area contributed by atoms with Gasteiger partial charge in [0.25, 0.3) is 0 Å². The normalized spacial score (nSPS) is 16.8. The summed E-state index contributed by atoms with van der Waals surface area (Å²) in [6.45, 7) is 4.35. The zero-order chi connectivity index (χ0) is 26.6. The van der Waals surface area contributed by atoms with Crippen LogP contribution in [0.3, 0.4) is 0 Å². The second-order valence-electron chi connectivity index (χ2n) is 9.46. The molecule has 0 aliphatic carbocycles. The smallest absolute Gasteiger partial charge is 0.327 e. The molecule has 4 aromatic rings. The fraction of sp³-hybridized carbons (Fsp3) is 0.258. The summed E-state index contributed by atoms with van der Waals surface area (Å²) in [6.07, 6.45) is 1.80. The molecule has 0 bridgehead atoms. The number of carboxylic acids is 1. The molecule has 194 valence electrons. The van der Waals surface area contributed by atoms with Gasteiger partial charge in [-0.2, -0.15) is 0 Å². The number of oxazole rings is 1. The number of anilines is 1. The Morgan fingerprint density at radius 3 is 2.50 bits per heavy atom. The molecule has 2 heterocycles. The summed E-state index contributed by atoms with van der Waals surface area (Å²) in [5.41, 5.74) is 4.38. The first-order chi connectivity index (χ1) is 18.4. The Morgan fingerprint density at radius 2 is 1.79 bits per heavy atom. The summed E-state index contributed by atoms with van der Waals surface area (Å²) in [5.74, 6) is 0.218. The van der Waals surface area contributed by atoms with Crippen LogP contribution in [0.15, 0.2) is 83.3 Å². The lowest BCUT2D eigenvalue weighted by molar-refractivity contribution is -0.149. The predicted molar refractivity (Wildman–Crippen MR) is 144 cm³/mol. The lowest BCUT2D eigenvalue weighted by Crippen LogP contribution is -2.65. The summed E-state index contributed by atoms with van der Waals surface area (Å²) >= 11 is 0. The zero-order valence-electron chi connectivity index (χ0n) is 21.5. The van der Waals surface area contributed by atoms with E-state index in [4.69, 9.17) is 9.15 Å². The molecular weight excluding hydrogens is 480 g/mol. The average molecular weight is 511 g/mol. The quantitative estimate of drug-likeness (QED) is 0.284. The molecule has 0 unspecified atom stereocenters. The van der Waals surface area contributed by atoms with E-state index in [1.54, 1.807) is 0 Å². The van der Waals surface area contributed by atoms with Gasteiger partial charge in [0.1, 0.15) is 17.6 Å². The van der Waals surface area contributed by atoms with Crippen molar-refractivity contribution in [2.24, 2.45) is 5.92 Å². The lowest BCUT2D eigenvalue weighted by atomic mass is 9.81. The molecular formula is C31H30N2O5. The van der Waals surface area contributed by atoms with Crippen molar-refractivity contribution in [1.82, 2.24) is 4.98 Å². The number of aliphatic carboxylic acids is 1. The highest BCUT2D eigenvalue weighted by atomic mass is 16.5. The molecule has 3 aromatic carbocycles. The Kier molecular flexibility index (Phi) is 7.26. The second kappa shape index (κ2) is 10.9. The minimum Gasteiger partial charge on any atom is -0.493 e. The van der Waals surface area contributed by atoms with Crippen molar-refractivity contribution in [2.75, 3.05) is 11.5 Å². The van der Waals surface area contributed by atoms with E-state index in [9.17, 15) is 14.7 Å². The summed E-state index contributed by atoms with van der Waals surface area (Å²) in [4.78, 5) is 31.1. The predicted octanol–water partition coefficient (Wildman–Crippen LogP) is 5.49. The number of carboxylic acid groups (broad SMARTS) is 1. The first-order valence-electron chi connectivity index (χ1n) is 12.8. The van der Waals surface area contributed by atoms with Crippen molar-refractivity contribution in [3.63, 3.8) is 0 Å². The number of rotatable bonds is 10. The summed E-state index contributed by atoms with van der Waals surface area (Å²) in [5, 5.41) is 9.88. The van der Waals surface area contributed by atoms with E-state index in [0.29, 0.717) is 36.8 Å². The molecule has 5 rings (SSSR count). The largest absolute Gasteiger partial charge is 0.493 e. The van der Waals surface area contributed by atoms with Gasteiger partial charge in [-0.05, 0) is 67.3 Å². The van der Waals surface area contributed by atoms with Crippen molar-refractivity contribution >= 4 is 17.6 Å². The summed E-state index contributed by atoms with van der Waals surface area (Å²) in [7, 11) is 0. The van der Waals surface area contributed by atoms with E-state index in [0.717, 1.165) is 34.6 Å². The highest BCUT2D eigenvalue weighted by Crippen LogP contribution is 2.35. The molecule has 0 radical (unpaired) electrons. The summed E-state index contributed by atoms with van der Waals surface area (Å²) < 4.78 is 11.8. The molecule has 1 saturated heterocycles. The van der Waals surface area contributed by atoms with E-state index in [2.05, 4.69) is 11.9 Å². The van der Waals surface area contributed by atoms with Crippen LogP contribution in [0.1, 0.15) is 29.5 Å². The first kappa shape index (κ1) is 25.3. The van der Waals surface area contributed by atoms with Gasteiger partial charge in [-0.1, -0.05) is 49.4 Å². The maximum absolute atomic E-state index is 13.0. The maximum Gasteiger partial charge on any atom is 0.327 e. The van der Waals surface area contributed by atoms with Crippen LogP contribution in [0.5, 0.6) is 5.75 Å². The highest BCUT2D eigenvalue weighted by Gasteiger charge is 2.52. The molecule has 0 spiro atoms. The van der Waals surface area contributed by atoms with Gasteiger partial charge < -0.3 is 14.3 Å². The molecule has 7 nitrogen and oxygen atoms in total. The Morgan fingerprint density at radius 1 is 1.03 bits per heavy atom. The topological polar surface area (TPSA) is 92.9 Å². The van der Waals surface area contributed by atoms with Gasteiger partial charge in [0.2, 0.25) is 11.8 Å². The number of carbonyl (C=O) groups is 2. The van der Waals surface area contributed by atoms with Crippen LogP contribution in [0.25, 0.3) is 11.5 Å². The molecule has 1 aromatic heterocycles. The van der Waals surface area contributed by atoms with Crippen LogP contribution < -0.4 is 9.64 Å². The fourth-order valence-electron chi connectivity index (χ4n) is 4.86. The van der Waals surface area contributed by atoms with Crippen molar-refractivity contribution in [3.8, 4) is 17.2 Å². The Hall–Kier alpha value is -4.39. The number of aromatic nitrogens is 1. The minimum atomic E-state index is -1.00. The van der Waals surface area contributed by atoms with Gasteiger partial charge in [0.05, 0.1) is 18.2 Å². The van der Waals surface area contributed by atoms with Gasteiger partial charge >= 0.3 is 5.97 Å². The fourth-order valence-corrected chi connectivity index (χ4v) is 4.86. The summed E-state index contributed by atoms with van der Waals surface area (Å²) in [6, 6.07) is 23.8. The minimum absolute atomic E-state index is 0.177. The lowest BCUT2D eigenvalue weighted by Gasteiger charge is -2.44. The van der Waals surface area contributed by atoms with Crippen molar-refractivity contribution in [2.45, 2.75) is 39.2 Å². The number of hydrogen-bond acceptors (Lipinski definition) is 5. The van der Waals surface area contributed by atoms with Crippen LogP contribution >= 0.6 is 0 Å². The van der Waals surface area contributed by atoms with Crippen LogP contribution in [0.2, 0.25) is 0 Å². The molecule has 1 aliphatic rings. The standard InChI is InChI=1S/C31H30N2O5/c1-3-21-12-14-24(15-13-21)33-28(31(35)36)26(30(33)34)19-22-8-7-11-25(18-22)37-17-16-27-20(2)38-29(32-27)23-9-5-4-6-10-23/h4-15,18,26,28H,3,16-17,19H2,1-2H3,(H,35,36)/t26-,28-/m0/s1. The Labute approximate surface area is 221 Å². The van der Waals surface area contributed by atoms with Gasteiger partial charge in [-0.3, -0.25) is 9.69 Å². The molecule has 1 N–H and O–H groups in total. The van der Waals surface area contributed by atoms with E-state index in [1.165, 1.54) is 4.90 Å². The molecule has 0 saturated carbocycles. The Balaban J connectivity index is 1.21. The monoisotopic (exact) mass is 510 g/mol. The van der Waals surface area contributed by atoms with Crippen molar-refractivity contribution < 1.29 is 23.8 Å². The van der Waals surface area contributed by atoms with Crippen LogP contribution in [-0.2, 0) is 28.9 Å². The van der Waals surface area contributed by atoms with Crippen LogP contribution in [-0.4, -0.2) is 34.6 Å².